The van der Waals surface area contributed by atoms with Crippen LogP contribution in [0.3, 0.4) is 0 Å². The van der Waals surface area contributed by atoms with E-state index in [1.54, 1.807) is 6.92 Å². The third-order valence-electron chi connectivity index (χ3n) is 6.15. The summed E-state index contributed by atoms with van der Waals surface area (Å²) >= 11 is 0. The number of nitrogens with zero attached hydrogens (tertiary/aromatic N) is 2. The monoisotopic (exact) mass is 389 g/mol. The Morgan fingerprint density at radius 2 is 1.93 bits per heavy atom. The van der Waals surface area contributed by atoms with E-state index in [1.165, 1.54) is 0 Å². The van der Waals surface area contributed by atoms with Gasteiger partial charge in [0.1, 0.15) is 6.07 Å². The minimum atomic E-state index is -1.75. The van der Waals surface area contributed by atoms with Crippen LogP contribution < -0.4 is 5.73 Å². The molecule has 0 aliphatic heterocycles. The van der Waals surface area contributed by atoms with Crippen molar-refractivity contribution >= 4 is 5.97 Å². The smallest absolute Gasteiger partial charge is 0.333 e. The number of nitrogens with two attached hydrogens (primary N) is 1. The van der Waals surface area contributed by atoms with E-state index in [0.717, 1.165) is 23.1 Å². The fraction of sp³-hybridized carbons (Fsp3) is 0.458. The highest BCUT2D eigenvalue weighted by Crippen LogP contribution is 2.58. The van der Waals surface area contributed by atoms with Crippen molar-refractivity contribution in [3.8, 4) is 12.1 Å². The Labute approximate surface area is 172 Å². The minimum absolute atomic E-state index is 0.00155. The summed E-state index contributed by atoms with van der Waals surface area (Å²) < 4.78 is 5.34. The quantitative estimate of drug-likeness (QED) is 0.775. The van der Waals surface area contributed by atoms with Crippen molar-refractivity contribution in [2.45, 2.75) is 46.5 Å². The van der Waals surface area contributed by atoms with E-state index in [0.29, 0.717) is 6.42 Å². The van der Waals surface area contributed by atoms with Crippen molar-refractivity contribution in [1.29, 1.82) is 10.5 Å². The first-order valence-corrected chi connectivity index (χ1v) is 10.0. The zero-order valence-corrected chi connectivity index (χ0v) is 17.5. The molecule has 5 heteroatoms. The second-order valence-electron chi connectivity index (χ2n) is 8.76. The van der Waals surface area contributed by atoms with Crippen LogP contribution >= 0.6 is 0 Å². The van der Waals surface area contributed by atoms with Crippen LogP contribution in [0, 0.1) is 39.4 Å². The van der Waals surface area contributed by atoms with Crippen LogP contribution in [0.1, 0.15) is 52.0 Å². The summed E-state index contributed by atoms with van der Waals surface area (Å²) in [5, 5.41) is 20.3. The number of carbonyl (C=O) groups excluding carboxylic acids is 1. The Bertz CT molecular complexity index is 976. The summed E-state index contributed by atoms with van der Waals surface area (Å²) in [4.78, 5) is 13.2. The van der Waals surface area contributed by atoms with Crippen LogP contribution in [0.2, 0.25) is 0 Å². The molecule has 2 aliphatic carbocycles. The molecule has 0 heterocycles. The molecule has 0 aromatic heterocycles. The highest BCUT2D eigenvalue weighted by molar-refractivity contribution is 5.88. The number of esters is 1. The van der Waals surface area contributed by atoms with Gasteiger partial charge in [0.25, 0.3) is 0 Å². The number of allylic oxidation sites excluding steroid dienone is 3. The molecule has 0 bridgehead atoms. The fourth-order valence-electron chi connectivity index (χ4n) is 5.17. The molecular weight excluding hydrogens is 362 g/mol. The van der Waals surface area contributed by atoms with Crippen molar-refractivity contribution in [2.24, 2.45) is 22.5 Å². The lowest BCUT2D eigenvalue weighted by atomic mass is 9.55. The maximum Gasteiger partial charge on any atom is 0.333 e. The van der Waals surface area contributed by atoms with Crippen LogP contribution in [-0.4, -0.2) is 12.6 Å². The molecule has 2 aliphatic rings. The van der Waals surface area contributed by atoms with Gasteiger partial charge < -0.3 is 10.5 Å². The topological polar surface area (TPSA) is 99.9 Å². The van der Waals surface area contributed by atoms with E-state index >= 15 is 0 Å². The van der Waals surface area contributed by atoms with Crippen LogP contribution in [-0.2, 0) is 9.53 Å². The zero-order valence-electron chi connectivity index (χ0n) is 17.5. The molecule has 3 rings (SSSR count). The number of rotatable bonds is 3. The lowest BCUT2D eigenvalue weighted by Gasteiger charge is -2.47. The first-order chi connectivity index (χ1) is 13.7. The Kier molecular flexibility index (Phi) is 5.28. The summed E-state index contributed by atoms with van der Waals surface area (Å²) in [5.41, 5.74) is 7.69. The van der Waals surface area contributed by atoms with Gasteiger partial charge in [-0.3, -0.25) is 0 Å². The number of hydrogen-bond acceptors (Lipinski definition) is 5. The third-order valence-corrected chi connectivity index (χ3v) is 6.15. The van der Waals surface area contributed by atoms with Gasteiger partial charge in [-0.25, -0.2) is 4.79 Å². The van der Waals surface area contributed by atoms with Crippen molar-refractivity contribution in [3.05, 3.63) is 58.3 Å². The van der Waals surface area contributed by atoms with Crippen molar-refractivity contribution in [3.63, 3.8) is 0 Å². The molecule has 0 saturated heterocycles. The Morgan fingerprint density at radius 1 is 1.28 bits per heavy atom. The molecule has 1 aromatic carbocycles. The number of ether oxygens (including phenoxy) is 1. The largest absolute Gasteiger partial charge is 0.464 e. The van der Waals surface area contributed by atoms with E-state index in [4.69, 9.17) is 10.5 Å². The molecule has 0 fully saturated rings. The maximum absolute atomic E-state index is 13.2. The first kappa shape index (κ1) is 20.7. The van der Waals surface area contributed by atoms with Crippen LogP contribution in [0.4, 0.5) is 0 Å². The fourth-order valence-corrected chi connectivity index (χ4v) is 5.17. The SMILES string of the molecule is CCOC(=O)[C@]1(C#N)C(N)=C(C#N)C2=C([C@@H](C)CC(C)(C)C2)[C@H]1c1ccccc1. The number of carbonyl (C=O) groups is 1. The third kappa shape index (κ3) is 3.12. The van der Waals surface area contributed by atoms with Gasteiger partial charge in [-0.05, 0) is 42.2 Å². The van der Waals surface area contributed by atoms with Gasteiger partial charge in [0.05, 0.1) is 23.9 Å². The normalized spacial score (nSPS) is 28.2. The van der Waals surface area contributed by atoms with Gasteiger partial charge in [0.2, 0.25) is 5.41 Å². The molecule has 0 amide bonds. The van der Waals surface area contributed by atoms with Gasteiger partial charge >= 0.3 is 5.97 Å². The number of nitriles is 2. The van der Waals surface area contributed by atoms with E-state index in [-0.39, 0.29) is 29.2 Å². The molecular formula is C24H27N3O2. The van der Waals surface area contributed by atoms with Gasteiger partial charge in [-0.15, -0.1) is 0 Å². The van der Waals surface area contributed by atoms with Gasteiger partial charge in [-0.1, -0.05) is 56.7 Å². The number of benzene rings is 1. The van der Waals surface area contributed by atoms with Crippen LogP contribution in [0.25, 0.3) is 0 Å². The highest BCUT2D eigenvalue weighted by Gasteiger charge is 2.58. The van der Waals surface area contributed by atoms with Crippen LogP contribution in [0.5, 0.6) is 0 Å². The summed E-state index contributed by atoms with van der Waals surface area (Å²) in [7, 11) is 0. The van der Waals surface area contributed by atoms with Crippen molar-refractivity contribution in [1.82, 2.24) is 0 Å². The van der Waals surface area contributed by atoms with E-state index in [9.17, 15) is 15.3 Å². The Balaban J connectivity index is 2.40. The molecule has 150 valence electrons. The minimum Gasteiger partial charge on any atom is -0.464 e. The number of hydrogen-bond donors (Lipinski definition) is 1. The average molecular weight is 389 g/mol. The molecule has 5 nitrogen and oxygen atoms in total. The van der Waals surface area contributed by atoms with Crippen LogP contribution in [0.15, 0.2) is 52.7 Å². The van der Waals surface area contributed by atoms with Gasteiger partial charge in [0.15, 0.2) is 0 Å². The zero-order chi connectivity index (χ0) is 21.4. The first-order valence-electron chi connectivity index (χ1n) is 10.0. The molecule has 0 unspecified atom stereocenters. The van der Waals surface area contributed by atoms with Crippen molar-refractivity contribution in [2.75, 3.05) is 6.61 Å². The van der Waals surface area contributed by atoms with Gasteiger partial charge in [-0.2, -0.15) is 10.5 Å². The summed E-state index contributed by atoms with van der Waals surface area (Å²) in [6, 6.07) is 13.9. The molecule has 1 aromatic rings. The average Bonchev–Trinajstić information content (AvgIpc) is 2.67. The Hall–Kier alpha value is -3.05. The molecule has 0 saturated carbocycles. The van der Waals surface area contributed by atoms with E-state index in [1.807, 2.05) is 30.3 Å². The second-order valence-corrected chi connectivity index (χ2v) is 8.76. The highest BCUT2D eigenvalue weighted by atomic mass is 16.5. The lowest BCUT2D eigenvalue weighted by Crippen LogP contribution is -2.48. The lowest BCUT2D eigenvalue weighted by molar-refractivity contribution is -0.151. The molecule has 0 spiro atoms. The maximum atomic E-state index is 13.2. The second kappa shape index (κ2) is 7.41. The summed E-state index contributed by atoms with van der Waals surface area (Å²) in [6.45, 7) is 8.29. The predicted octanol–water partition coefficient (Wildman–Crippen LogP) is 4.35. The van der Waals surface area contributed by atoms with E-state index < -0.39 is 17.3 Å². The molecule has 29 heavy (non-hydrogen) atoms. The summed E-state index contributed by atoms with van der Waals surface area (Å²) in [6.07, 6.45) is 1.59. The molecule has 0 radical (unpaired) electrons. The standard InChI is InChI=1S/C24H27N3O2/c1-5-29-22(28)24(14-26)20(16-9-7-6-8-10-16)19-15(2)11-23(3,4)12-17(19)18(13-25)21(24)27/h6-10,15,20H,5,11-12,27H2,1-4H3/t15-,20+,24-/m0/s1. The molecule has 2 N–H and O–H groups in total. The van der Waals surface area contributed by atoms with Crippen molar-refractivity contribution < 1.29 is 9.53 Å². The van der Waals surface area contributed by atoms with E-state index in [2.05, 4.69) is 32.9 Å². The molecule has 3 atom stereocenters. The predicted molar refractivity (Wildman–Crippen MR) is 110 cm³/mol. The summed E-state index contributed by atoms with van der Waals surface area (Å²) in [5.74, 6) is -1.17. The van der Waals surface area contributed by atoms with Gasteiger partial charge in [0, 0.05) is 5.92 Å². The Morgan fingerprint density at radius 3 is 2.48 bits per heavy atom.